The molecule has 0 aliphatic rings. The number of nitrogens with two attached hydrogens (primary N) is 2. The summed E-state index contributed by atoms with van der Waals surface area (Å²) < 4.78 is 22.4. The Balaban J connectivity index is 2.99. The van der Waals surface area contributed by atoms with Crippen LogP contribution in [0.2, 0.25) is 0 Å². The molecule has 1 aromatic carbocycles. The van der Waals surface area contributed by atoms with Gasteiger partial charge < -0.3 is 11.1 Å². The molecule has 1 amide bonds. The van der Waals surface area contributed by atoms with Crippen molar-refractivity contribution in [1.29, 1.82) is 0 Å². The molecule has 100 valence electrons. The molecule has 0 radical (unpaired) electrons. The Labute approximate surface area is 106 Å². The van der Waals surface area contributed by atoms with Gasteiger partial charge in [0.1, 0.15) is 0 Å². The fourth-order valence-electron chi connectivity index (χ4n) is 1.41. The molecule has 18 heavy (non-hydrogen) atoms. The summed E-state index contributed by atoms with van der Waals surface area (Å²) in [7, 11) is -3.78. The molecule has 0 saturated heterocycles. The van der Waals surface area contributed by atoms with Crippen LogP contribution in [0.15, 0.2) is 23.1 Å². The Morgan fingerprint density at radius 1 is 1.44 bits per heavy atom. The summed E-state index contributed by atoms with van der Waals surface area (Å²) in [6.45, 7) is 3.47. The molecule has 1 unspecified atom stereocenters. The van der Waals surface area contributed by atoms with E-state index in [4.69, 9.17) is 10.9 Å². The van der Waals surface area contributed by atoms with Crippen molar-refractivity contribution in [2.75, 3.05) is 5.32 Å². The lowest BCUT2D eigenvalue weighted by atomic mass is 10.2. The second-order valence-corrected chi connectivity index (χ2v) is 5.81. The van der Waals surface area contributed by atoms with Gasteiger partial charge in [0.15, 0.2) is 0 Å². The van der Waals surface area contributed by atoms with Crippen LogP contribution in [0.1, 0.15) is 18.9 Å². The molecule has 1 atom stereocenters. The third-order valence-corrected chi connectivity index (χ3v) is 3.23. The van der Waals surface area contributed by atoms with Crippen molar-refractivity contribution < 1.29 is 13.2 Å². The van der Waals surface area contributed by atoms with Crippen molar-refractivity contribution in [3.8, 4) is 0 Å². The lowest BCUT2D eigenvalue weighted by Crippen LogP contribution is -2.24. The van der Waals surface area contributed by atoms with Gasteiger partial charge in [-0.05, 0) is 31.5 Å². The summed E-state index contributed by atoms with van der Waals surface area (Å²) in [5, 5.41) is 7.64. The van der Waals surface area contributed by atoms with Gasteiger partial charge in [-0.25, -0.2) is 13.6 Å². The van der Waals surface area contributed by atoms with Crippen molar-refractivity contribution in [3.63, 3.8) is 0 Å². The number of hydrogen-bond acceptors (Lipinski definition) is 4. The molecule has 0 saturated carbocycles. The first-order valence-corrected chi connectivity index (χ1v) is 6.93. The van der Waals surface area contributed by atoms with Crippen molar-refractivity contribution in [2.24, 2.45) is 10.9 Å². The van der Waals surface area contributed by atoms with Gasteiger partial charge in [-0.1, -0.05) is 6.07 Å². The van der Waals surface area contributed by atoms with E-state index in [1.165, 1.54) is 12.1 Å². The monoisotopic (exact) mass is 271 g/mol. The highest BCUT2D eigenvalue weighted by molar-refractivity contribution is 7.89. The lowest BCUT2D eigenvalue weighted by Gasteiger charge is -2.11. The van der Waals surface area contributed by atoms with Gasteiger partial charge >= 0.3 is 0 Å². The molecule has 1 rings (SSSR count). The second-order valence-electron chi connectivity index (χ2n) is 4.25. The average Bonchev–Trinajstić information content (AvgIpc) is 2.18. The third kappa shape index (κ3) is 4.10. The first-order valence-electron chi connectivity index (χ1n) is 5.39. The number of amides is 1. The molecule has 0 aliphatic carbocycles. The van der Waals surface area contributed by atoms with Crippen LogP contribution < -0.4 is 16.2 Å². The van der Waals surface area contributed by atoms with Gasteiger partial charge in [-0.15, -0.1) is 0 Å². The van der Waals surface area contributed by atoms with Gasteiger partial charge in [0.2, 0.25) is 15.9 Å². The van der Waals surface area contributed by atoms with Crippen LogP contribution in [0.5, 0.6) is 0 Å². The molecule has 0 heterocycles. The molecule has 1 aromatic rings. The van der Waals surface area contributed by atoms with Gasteiger partial charge in [0.05, 0.1) is 4.90 Å². The lowest BCUT2D eigenvalue weighted by molar-refractivity contribution is -0.116. The van der Waals surface area contributed by atoms with E-state index in [2.05, 4.69) is 5.32 Å². The highest BCUT2D eigenvalue weighted by atomic mass is 32.2. The number of carbonyl (C=O) groups is 1. The molecule has 0 fully saturated rings. The van der Waals surface area contributed by atoms with Crippen LogP contribution in [0.4, 0.5) is 5.69 Å². The molecule has 0 bridgehead atoms. The van der Waals surface area contributed by atoms with Crippen LogP contribution in [0.3, 0.4) is 0 Å². The van der Waals surface area contributed by atoms with Gasteiger partial charge in [-0.3, -0.25) is 4.79 Å². The highest BCUT2D eigenvalue weighted by Crippen LogP contribution is 2.19. The number of anilines is 1. The highest BCUT2D eigenvalue weighted by Gasteiger charge is 2.12. The normalized spacial score (nSPS) is 13.1. The maximum absolute atomic E-state index is 11.6. The zero-order valence-corrected chi connectivity index (χ0v) is 11.1. The fraction of sp³-hybridized carbons (Fsp3) is 0.364. The summed E-state index contributed by atoms with van der Waals surface area (Å²) in [5.74, 6) is -0.264. The second kappa shape index (κ2) is 5.47. The van der Waals surface area contributed by atoms with Crippen molar-refractivity contribution in [3.05, 3.63) is 23.8 Å². The summed E-state index contributed by atoms with van der Waals surface area (Å²) in [5.41, 5.74) is 6.68. The minimum Gasteiger partial charge on any atom is -0.327 e. The summed E-state index contributed by atoms with van der Waals surface area (Å²) in [6.07, 6.45) is 0.166. The SMILES string of the molecule is Cc1ccc(S(N)(=O)=O)cc1NC(=O)CC(C)N. The zero-order chi connectivity index (χ0) is 13.9. The Hall–Kier alpha value is -1.44. The molecule has 6 nitrogen and oxygen atoms in total. The van der Waals surface area contributed by atoms with Gasteiger partial charge in [0, 0.05) is 18.2 Å². The standard InChI is InChI=1S/C11H17N3O3S/c1-7-3-4-9(18(13,16)17)6-10(7)14-11(15)5-8(2)12/h3-4,6,8H,5,12H2,1-2H3,(H,14,15)(H2,13,16,17). The van der Waals surface area contributed by atoms with Crippen LogP contribution in [-0.2, 0) is 14.8 Å². The largest absolute Gasteiger partial charge is 0.327 e. The van der Waals surface area contributed by atoms with Crippen LogP contribution in [0.25, 0.3) is 0 Å². The van der Waals surface area contributed by atoms with Crippen LogP contribution >= 0.6 is 0 Å². The molecule has 0 aliphatic heterocycles. The van der Waals surface area contributed by atoms with Crippen molar-refractivity contribution in [2.45, 2.75) is 31.2 Å². The molecule has 0 aromatic heterocycles. The summed E-state index contributed by atoms with van der Waals surface area (Å²) in [6, 6.07) is 4.06. The van der Waals surface area contributed by atoms with Gasteiger partial charge in [-0.2, -0.15) is 0 Å². The summed E-state index contributed by atoms with van der Waals surface area (Å²) >= 11 is 0. The maximum Gasteiger partial charge on any atom is 0.238 e. The summed E-state index contributed by atoms with van der Waals surface area (Å²) in [4.78, 5) is 11.5. The van der Waals surface area contributed by atoms with E-state index in [1.54, 1.807) is 19.9 Å². The van der Waals surface area contributed by atoms with E-state index >= 15 is 0 Å². The molecular weight excluding hydrogens is 254 g/mol. The fourth-order valence-corrected chi connectivity index (χ4v) is 1.95. The van der Waals surface area contributed by atoms with E-state index in [-0.39, 0.29) is 23.3 Å². The Bertz CT molecular complexity index is 553. The predicted octanol–water partition coefficient (Wildman–Crippen LogP) is 0.318. The van der Waals surface area contributed by atoms with Crippen molar-refractivity contribution in [1.82, 2.24) is 0 Å². The predicted molar refractivity (Wildman–Crippen MR) is 69.4 cm³/mol. The third-order valence-electron chi connectivity index (χ3n) is 2.32. The minimum atomic E-state index is -3.78. The zero-order valence-electron chi connectivity index (χ0n) is 10.3. The topological polar surface area (TPSA) is 115 Å². The Morgan fingerprint density at radius 3 is 2.56 bits per heavy atom. The number of rotatable bonds is 4. The number of primary sulfonamides is 1. The smallest absolute Gasteiger partial charge is 0.238 e. The molecule has 7 heteroatoms. The van der Waals surface area contributed by atoms with Crippen LogP contribution in [0, 0.1) is 6.92 Å². The Morgan fingerprint density at radius 2 is 2.06 bits per heavy atom. The Kier molecular flexibility index (Phi) is 4.44. The van der Waals surface area contributed by atoms with E-state index < -0.39 is 10.0 Å². The van der Waals surface area contributed by atoms with E-state index in [0.717, 1.165) is 5.56 Å². The van der Waals surface area contributed by atoms with Gasteiger partial charge in [0.25, 0.3) is 0 Å². The number of carbonyl (C=O) groups excluding carboxylic acids is 1. The number of sulfonamides is 1. The average molecular weight is 271 g/mol. The van der Waals surface area contributed by atoms with E-state index in [9.17, 15) is 13.2 Å². The number of aryl methyl sites for hydroxylation is 1. The first kappa shape index (κ1) is 14.6. The number of hydrogen-bond donors (Lipinski definition) is 3. The van der Waals surface area contributed by atoms with E-state index in [0.29, 0.717) is 5.69 Å². The minimum absolute atomic E-state index is 0.0378. The first-order chi connectivity index (χ1) is 8.20. The quantitative estimate of drug-likeness (QED) is 0.731. The van der Waals surface area contributed by atoms with Crippen LogP contribution in [-0.4, -0.2) is 20.4 Å². The van der Waals surface area contributed by atoms with E-state index in [1.807, 2.05) is 0 Å². The molecular formula is C11H17N3O3S. The molecule has 0 spiro atoms. The number of nitrogens with one attached hydrogen (secondary N) is 1. The van der Waals surface area contributed by atoms with Crippen molar-refractivity contribution >= 4 is 21.6 Å². The maximum atomic E-state index is 11.6. The molecule has 5 N–H and O–H groups in total. The number of benzene rings is 1.